The third kappa shape index (κ3) is 3.64. The molecular formula is C5H14O3Si. The van der Waals surface area contributed by atoms with Gasteiger partial charge in [0, 0.05) is 0 Å². The van der Waals surface area contributed by atoms with Crippen molar-refractivity contribution in [2.24, 2.45) is 0 Å². The van der Waals surface area contributed by atoms with E-state index in [0.717, 1.165) is 0 Å². The van der Waals surface area contributed by atoms with Crippen LogP contribution >= 0.6 is 0 Å². The average molecular weight is 150 g/mol. The van der Waals surface area contributed by atoms with Crippen molar-refractivity contribution >= 4 is 9.04 Å². The van der Waals surface area contributed by atoms with Crippen molar-refractivity contribution in [3.63, 3.8) is 0 Å². The van der Waals surface area contributed by atoms with Crippen molar-refractivity contribution in [2.45, 2.75) is 25.6 Å². The van der Waals surface area contributed by atoms with Crippen LogP contribution in [-0.2, 0) is 4.43 Å². The second-order valence-corrected chi connectivity index (χ2v) is 4.49. The van der Waals surface area contributed by atoms with E-state index in [9.17, 15) is 0 Å². The number of aliphatic hydroxyl groups excluding tert-OH is 2. The van der Waals surface area contributed by atoms with Gasteiger partial charge >= 0.3 is 0 Å². The van der Waals surface area contributed by atoms with Gasteiger partial charge in [0.15, 0.2) is 0 Å². The predicted octanol–water partition coefficient (Wildman–Crippen LogP) is -0.384. The summed E-state index contributed by atoms with van der Waals surface area (Å²) in [6, 6.07) is 0. The molecule has 0 aliphatic rings. The second kappa shape index (κ2) is 4.93. The molecule has 0 aliphatic carbocycles. The summed E-state index contributed by atoms with van der Waals surface area (Å²) in [6.45, 7) is 3.50. The van der Waals surface area contributed by atoms with Crippen LogP contribution in [0.25, 0.3) is 0 Å². The molecule has 0 amide bonds. The first-order valence-corrected chi connectivity index (χ1v) is 5.42. The first kappa shape index (κ1) is 9.10. The van der Waals surface area contributed by atoms with Gasteiger partial charge in [-0.1, -0.05) is 6.92 Å². The van der Waals surface area contributed by atoms with Crippen LogP contribution in [0.5, 0.6) is 0 Å². The van der Waals surface area contributed by atoms with Gasteiger partial charge in [0.1, 0.15) is 6.79 Å². The van der Waals surface area contributed by atoms with Crippen molar-refractivity contribution in [1.82, 2.24) is 0 Å². The Hall–Kier alpha value is 0.0969. The normalized spacial score (nSPS) is 17.3. The molecule has 0 radical (unpaired) electrons. The molecule has 56 valence electrons. The Bertz CT molecular complexity index is 69.2. The lowest BCUT2D eigenvalue weighted by Gasteiger charge is -2.13. The predicted molar refractivity (Wildman–Crippen MR) is 37.5 cm³/mol. The summed E-state index contributed by atoms with van der Waals surface area (Å²) < 4.78 is 4.84. The quantitative estimate of drug-likeness (QED) is 0.424. The molecule has 0 rings (SSSR count). The Morgan fingerprint density at radius 2 is 2.22 bits per heavy atom. The van der Waals surface area contributed by atoms with Gasteiger partial charge in [-0.15, -0.1) is 0 Å². The molecule has 0 heterocycles. The molecule has 0 saturated heterocycles. The highest BCUT2D eigenvalue weighted by Crippen LogP contribution is 1.96. The van der Waals surface area contributed by atoms with E-state index < -0.39 is 9.04 Å². The lowest BCUT2D eigenvalue weighted by atomic mass is 10.5. The third-order valence-corrected chi connectivity index (χ3v) is 3.53. The average Bonchev–Trinajstić information content (AvgIpc) is 1.87. The van der Waals surface area contributed by atoms with E-state index in [0.29, 0.717) is 6.42 Å². The zero-order chi connectivity index (χ0) is 7.28. The van der Waals surface area contributed by atoms with Crippen LogP contribution < -0.4 is 0 Å². The summed E-state index contributed by atoms with van der Waals surface area (Å²) in [5, 5.41) is 17.4. The van der Waals surface area contributed by atoms with E-state index in [1.807, 2.05) is 13.5 Å². The Morgan fingerprint density at radius 1 is 1.67 bits per heavy atom. The van der Waals surface area contributed by atoms with Gasteiger partial charge in [0.2, 0.25) is 9.04 Å². The second-order valence-electron chi connectivity index (χ2n) is 1.98. The summed E-state index contributed by atoms with van der Waals surface area (Å²) in [6.07, 6.45) is 0.716. The summed E-state index contributed by atoms with van der Waals surface area (Å²) >= 11 is 0. The first-order chi connectivity index (χ1) is 4.22. The Kier molecular flexibility index (Phi) is 4.98. The van der Waals surface area contributed by atoms with E-state index in [4.69, 9.17) is 14.6 Å². The van der Waals surface area contributed by atoms with E-state index >= 15 is 0 Å². The molecule has 0 fully saturated rings. The lowest BCUT2D eigenvalue weighted by Crippen LogP contribution is -2.30. The van der Waals surface area contributed by atoms with Crippen LogP contribution in [0, 0.1) is 0 Å². The van der Waals surface area contributed by atoms with Gasteiger partial charge in [-0.25, -0.2) is 0 Å². The molecule has 0 aromatic rings. The highest BCUT2D eigenvalue weighted by molar-refractivity contribution is 6.51. The molecule has 0 bridgehead atoms. The molecule has 0 spiro atoms. The molecule has 2 atom stereocenters. The van der Waals surface area contributed by atoms with Crippen molar-refractivity contribution < 1.29 is 14.6 Å². The van der Waals surface area contributed by atoms with E-state index in [-0.39, 0.29) is 12.5 Å². The van der Waals surface area contributed by atoms with Crippen molar-refractivity contribution in [2.75, 3.05) is 6.79 Å². The van der Waals surface area contributed by atoms with E-state index in [1.54, 1.807) is 0 Å². The monoisotopic (exact) mass is 150 g/mol. The summed E-state index contributed by atoms with van der Waals surface area (Å²) in [5.41, 5.74) is -0.322. The summed E-state index contributed by atoms with van der Waals surface area (Å²) in [4.78, 5) is 0. The fourth-order valence-corrected chi connectivity index (χ4v) is 1.68. The summed E-state index contributed by atoms with van der Waals surface area (Å²) in [7, 11) is -1.49. The van der Waals surface area contributed by atoms with Crippen LogP contribution in [0.2, 0.25) is 6.55 Å². The van der Waals surface area contributed by atoms with Gasteiger partial charge in [0.25, 0.3) is 0 Å². The molecule has 4 heteroatoms. The van der Waals surface area contributed by atoms with Gasteiger partial charge in [-0.05, 0) is 13.0 Å². The topological polar surface area (TPSA) is 49.7 Å². The Morgan fingerprint density at radius 3 is 2.56 bits per heavy atom. The smallest absolute Gasteiger partial charge is 0.205 e. The molecule has 2 N–H and O–H groups in total. The fourth-order valence-electron chi connectivity index (χ4n) is 0.561. The van der Waals surface area contributed by atoms with Crippen molar-refractivity contribution in [3.05, 3.63) is 0 Å². The van der Waals surface area contributed by atoms with Crippen LogP contribution in [0.4, 0.5) is 0 Å². The number of hydrogen-bond acceptors (Lipinski definition) is 3. The molecule has 0 saturated carbocycles. The van der Waals surface area contributed by atoms with E-state index in [2.05, 4.69) is 0 Å². The van der Waals surface area contributed by atoms with Crippen LogP contribution in [0.3, 0.4) is 0 Å². The molecule has 0 aromatic carbocycles. The molecule has 2 unspecified atom stereocenters. The maximum absolute atomic E-state index is 9.08. The van der Waals surface area contributed by atoms with Gasteiger partial charge in [-0.2, -0.15) is 0 Å². The largest absolute Gasteiger partial charge is 0.396 e. The molecule has 9 heavy (non-hydrogen) atoms. The zero-order valence-corrected chi connectivity index (χ0v) is 7.03. The molecule has 0 aromatic heterocycles. The maximum Gasteiger partial charge on any atom is 0.205 e. The maximum atomic E-state index is 9.08. The summed E-state index contributed by atoms with van der Waals surface area (Å²) in [5.74, 6) is 0. The highest BCUT2D eigenvalue weighted by atomic mass is 28.3. The van der Waals surface area contributed by atoms with Gasteiger partial charge in [-0.3, -0.25) is 0 Å². The lowest BCUT2D eigenvalue weighted by molar-refractivity contribution is 0.0826. The number of hydrogen-bond donors (Lipinski definition) is 2. The minimum atomic E-state index is -1.49. The van der Waals surface area contributed by atoms with Crippen molar-refractivity contribution in [3.8, 4) is 0 Å². The first-order valence-electron chi connectivity index (χ1n) is 3.12. The SMILES string of the molecule is CCC(O)[SiH](C)OCO. The fraction of sp³-hybridized carbons (Fsp3) is 1.00. The minimum absolute atomic E-state index is 0.259. The van der Waals surface area contributed by atoms with Crippen LogP contribution in [0.15, 0.2) is 0 Å². The van der Waals surface area contributed by atoms with Gasteiger partial charge < -0.3 is 14.6 Å². The Labute approximate surface area is 57.0 Å². The zero-order valence-electron chi connectivity index (χ0n) is 5.87. The molecule has 0 aliphatic heterocycles. The van der Waals surface area contributed by atoms with Crippen LogP contribution in [0.1, 0.15) is 13.3 Å². The van der Waals surface area contributed by atoms with Crippen molar-refractivity contribution in [1.29, 1.82) is 0 Å². The van der Waals surface area contributed by atoms with Gasteiger partial charge in [0.05, 0.1) is 5.73 Å². The minimum Gasteiger partial charge on any atom is -0.396 e. The van der Waals surface area contributed by atoms with E-state index in [1.165, 1.54) is 0 Å². The standard InChI is InChI=1S/C5H14O3Si/c1-3-5(7)9(2)8-4-6/h5-7,9H,3-4H2,1-2H3. The third-order valence-electron chi connectivity index (χ3n) is 1.30. The number of aliphatic hydroxyl groups is 2. The molecule has 3 nitrogen and oxygen atoms in total. The Balaban J connectivity index is 3.32. The molecular weight excluding hydrogens is 136 g/mol. The number of rotatable bonds is 4. The highest BCUT2D eigenvalue weighted by Gasteiger charge is 2.13. The van der Waals surface area contributed by atoms with Crippen LogP contribution in [-0.4, -0.2) is 31.8 Å².